The topological polar surface area (TPSA) is 88.7 Å². The zero-order valence-corrected chi connectivity index (χ0v) is 14.8. The van der Waals surface area contributed by atoms with Crippen LogP contribution in [0.4, 0.5) is 0 Å². The summed E-state index contributed by atoms with van der Waals surface area (Å²) in [6.07, 6.45) is 6.69. The van der Waals surface area contributed by atoms with E-state index >= 15 is 0 Å². The average molecular weight is 349 g/mol. The van der Waals surface area contributed by atoms with Gasteiger partial charge in [0.2, 0.25) is 5.91 Å². The van der Waals surface area contributed by atoms with Crippen LogP contribution in [0.1, 0.15) is 82.0 Å². The Morgan fingerprint density at radius 2 is 2.08 bits per heavy atom. The van der Waals surface area contributed by atoms with E-state index in [2.05, 4.69) is 10.1 Å². The zero-order valence-electron chi connectivity index (χ0n) is 14.8. The molecule has 2 atom stereocenters. The molecule has 0 radical (unpaired) electrons. The fourth-order valence-electron chi connectivity index (χ4n) is 4.08. The third kappa shape index (κ3) is 3.58. The number of hydrogen-bond donors (Lipinski definition) is 1. The van der Waals surface area contributed by atoms with E-state index in [4.69, 9.17) is 9.26 Å². The molecule has 0 aromatic carbocycles. The molecular weight excluding hydrogens is 322 g/mol. The van der Waals surface area contributed by atoms with Gasteiger partial charge < -0.3 is 19.3 Å². The van der Waals surface area contributed by atoms with Gasteiger partial charge in [-0.05, 0) is 32.6 Å². The molecule has 1 aromatic heterocycles. The molecule has 3 aliphatic rings. The predicted octanol–water partition coefficient (Wildman–Crippen LogP) is 2.32. The maximum Gasteiger partial charge on any atom is 0.252 e. The highest BCUT2D eigenvalue weighted by atomic mass is 16.5. The third-order valence-corrected chi connectivity index (χ3v) is 5.73. The molecule has 0 unspecified atom stereocenters. The van der Waals surface area contributed by atoms with Gasteiger partial charge in [-0.25, -0.2) is 0 Å². The van der Waals surface area contributed by atoms with Gasteiger partial charge in [0.1, 0.15) is 6.04 Å². The molecule has 1 aromatic rings. The number of ether oxygens (including phenoxy) is 1. The number of hydrogen-bond acceptors (Lipinski definition) is 6. The number of morpholine rings is 1. The van der Waals surface area contributed by atoms with Crippen molar-refractivity contribution in [3.8, 4) is 0 Å². The Morgan fingerprint density at radius 3 is 2.80 bits per heavy atom. The van der Waals surface area contributed by atoms with Gasteiger partial charge in [-0.15, -0.1) is 0 Å². The molecule has 0 spiro atoms. The number of amides is 1. The smallest absolute Gasteiger partial charge is 0.252 e. The van der Waals surface area contributed by atoms with E-state index in [-0.39, 0.29) is 24.5 Å². The molecule has 1 amide bonds. The quantitative estimate of drug-likeness (QED) is 0.897. The van der Waals surface area contributed by atoms with Crippen LogP contribution in [-0.4, -0.2) is 50.9 Å². The van der Waals surface area contributed by atoms with Gasteiger partial charge in [0, 0.05) is 12.5 Å². The lowest BCUT2D eigenvalue weighted by molar-refractivity contribution is -0.153. The van der Waals surface area contributed by atoms with Crippen molar-refractivity contribution in [2.24, 2.45) is 0 Å². The SMILES string of the molecule is C[C@H]1OCCN(C(=O)CC2(O)CCCCC2)[C@@H]1c1nc(C2CC2)no1. The number of carbonyl (C=O) groups excluding carboxylic acids is 1. The molecule has 7 heteroatoms. The second-order valence-corrected chi connectivity index (χ2v) is 7.83. The van der Waals surface area contributed by atoms with Crippen LogP contribution in [0.25, 0.3) is 0 Å². The Balaban J connectivity index is 1.51. The van der Waals surface area contributed by atoms with Crippen molar-refractivity contribution in [2.75, 3.05) is 13.2 Å². The van der Waals surface area contributed by atoms with Crippen LogP contribution >= 0.6 is 0 Å². The number of aliphatic hydroxyl groups is 1. The minimum Gasteiger partial charge on any atom is -0.389 e. The lowest BCUT2D eigenvalue weighted by Gasteiger charge is -2.40. The van der Waals surface area contributed by atoms with Gasteiger partial charge in [0.05, 0.1) is 24.7 Å². The first kappa shape index (κ1) is 17.0. The summed E-state index contributed by atoms with van der Waals surface area (Å²) in [5.41, 5.74) is -0.866. The molecule has 1 saturated heterocycles. The molecule has 1 aliphatic heterocycles. The van der Waals surface area contributed by atoms with Gasteiger partial charge in [-0.2, -0.15) is 4.98 Å². The highest BCUT2D eigenvalue weighted by Gasteiger charge is 2.41. The van der Waals surface area contributed by atoms with Crippen molar-refractivity contribution in [1.29, 1.82) is 0 Å². The fourth-order valence-corrected chi connectivity index (χ4v) is 4.08. The molecule has 1 N–H and O–H groups in total. The largest absolute Gasteiger partial charge is 0.389 e. The first-order valence-electron chi connectivity index (χ1n) is 9.53. The molecule has 2 heterocycles. The van der Waals surface area contributed by atoms with Gasteiger partial charge >= 0.3 is 0 Å². The summed E-state index contributed by atoms with van der Waals surface area (Å²) in [6, 6.07) is -0.367. The fraction of sp³-hybridized carbons (Fsp3) is 0.833. The van der Waals surface area contributed by atoms with Crippen LogP contribution in [0, 0.1) is 0 Å². The van der Waals surface area contributed by atoms with E-state index in [9.17, 15) is 9.90 Å². The van der Waals surface area contributed by atoms with E-state index < -0.39 is 5.60 Å². The van der Waals surface area contributed by atoms with Crippen molar-refractivity contribution in [1.82, 2.24) is 15.0 Å². The van der Waals surface area contributed by atoms with E-state index in [1.807, 2.05) is 6.92 Å². The maximum atomic E-state index is 13.0. The Kier molecular flexibility index (Phi) is 4.54. The van der Waals surface area contributed by atoms with Crippen molar-refractivity contribution >= 4 is 5.91 Å². The third-order valence-electron chi connectivity index (χ3n) is 5.73. The molecule has 25 heavy (non-hydrogen) atoms. The second-order valence-electron chi connectivity index (χ2n) is 7.83. The Bertz CT molecular complexity index is 622. The standard InChI is InChI=1S/C18H27N3O4/c1-12-15(17-19-16(20-25-17)13-5-6-13)21(9-10-24-12)14(22)11-18(23)7-3-2-4-8-18/h12-13,15,23H,2-11H2,1H3/t12-,15+/m1/s1. The second kappa shape index (κ2) is 6.68. The number of aromatic nitrogens is 2. The number of nitrogens with zero attached hydrogens (tertiary/aromatic N) is 3. The lowest BCUT2D eigenvalue weighted by Crippen LogP contribution is -2.49. The summed E-state index contributed by atoms with van der Waals surface area (Å²) < 4.78 is 11.2. The summed E-state index contributed by atoms with van der Waals surface area (Å²) >= 11 is 0. The molecular formula is C18H27N3O4. The molecule has 3 fully saturated rings. The van der Waals surface area contributed by atoms with Crippen LogP contribution in [0.15, 0.2) is 4.52 Å². The summed E-state index contributed by atoms with van der Waals surface area (Å²) in [5, 5.41) is 14.8. The Labute approximate surface area is 147 Å². The number of carbonyl (C=O) groups is 1. The summed E-state index contributed by atoms with van der Waals surface area (Å²) in [7, 11) is 0. The van der Waals surface area contributed by atoms with Gasteiger partial charge in [0.25, 0.3) is 5.89 Å². The van der Waals surface area contributed by atoms with Gasteiger partial charge in [0.15, 0.2) is 5.82 Å². The van der Waals surface area contributed by atoms with Crippen LogP contribution in [0.3, 0.4) is 0 Å². The number of rotatable bonds is 4. The van der Waals surface area contributed by atoms with Gasteiger partial charge in [-0.3, -0.25) is 4.79 Å². The average Bonchev–Trinajstić information content (AvgIpc) is 3.33. The van der Waals surface area contributed by atoms with Crippen molar-refractivity contribution in [3.63, 3.8) is 0 Å². The van der Waals surface area contributed by atoms with Gasteiger partial charge in [-0.1, -0.05) is 24.4 Å². The minimum absolute atomic E-state index is 0.0456. The molecule has 0 bridgehead atoms. The Hall–Kier alpha value is -1.47. The van der Waals surface area contributed by atoms with Crippen LogP contribution in [0.5, 0.6) is 0 Å². The van der Waals surface area contributed by atoms with Crippen molar-refractivity contribution in [2.45, 2.75) is 82.0 Å². The van der Waals surface area contributed by atoms with Crippen LogP contribution in [0.2, 0.25) is 0 Å². The van der Waals surface area contributed by atoms with Crippen LogP contribution < -0.4 is 0 Å². The lowest BCUT2D eigenvalue weighted by atomic mass is 9.82. The summed E-state index contributed by atoms with van der Waals surface area (Å²) in [6.45, 7) is 2.91. The van der Waals surface area contributed by atoms with Crippen LogP contribution in [-0.2, 0) is 9.53 Å². The molecule has 138 valence electrons. The normalized spacial score (nSPS) is 29.6. The van der Waals surface area contributed by atoms with E-state index in [0.717, 1.165) is 37.9 Å². The first-order chi connectivity index (χ1) is 12.1. The van der Waals surface area contributed by atoms with Crippen molar-refractivity contribution < 1.29 is 19.2 Å². The predicted molar refractivity (Wildman–Crippen MR) is 88.8 cm³/mol. The first-order valence-corrected chi connectivity index (χ1v) is 9.53. The monoisotopic (exact) mass is 349 g/mol. The minimum atomic E-state index is -0.866. The molecule has 7 nitrogen and oxygen atoms in total. The molecule has 4 rings (SSSR count). The molecule has 2 saturated carbocycles. The summed E-state index contributed by atoms with van der Waals surface area (Å²) in [5.74, 6) is 1.56. The molecule has 2 aliphatic carbocycles. The summed E-state index contributed by atoms with van der Waals surface area (Å²) in [4.78, 5) is 19.3. The van der Waals surface area contributed by atoms with E-state index in [0.29, 0.717) is 37.8 Å². The zero-order chi connectivity index (χ0) is 17.4. The van der Waals surface area contributed by atoms with E-state index in [1.54, 1.807) is 4.90 Å². The maximum absolute atomic E-state index is 13.0. The van der Waals surface area contributed by atoms with Crippen molar-refractivity contribution in [3.05, 3.63) is 11.7 Å². The highest BCUT2D eigenvalue weighted by Crippen LogP contribution is 2.40. The highest BCUT2D eigenvalue weighted by molar-refractivity contribution is 5.78. The van der Waals surface area contributed by atoms with E-state index in [1.165, 1.54) is 0 Å². The Morgan fingerprint density at radius 1 is 1.32 bits per heavy atom.